The monoisotopic (exact) mass is 305 g/mol. The van der Waals surface area contributed by atoms with Crippen LogP contribution in [0, 0.1) is 20.8 Å². The van der Waals surface area contributed by atoms with Crippen molar-refractivity contribution in [3.05, 3.63) is 88.2 Å². The van der Waals surface area contributed by atoms with Gasteiger partial charge in [-0.05, 0) is 63.1 Å². The number of hydrogen-bond donors (Lipinski definition) is 2. The van der Waals surface area contributed by atoms with E-state index in [4.69, 9.17) is 0 Å². The number of phenolic OH excluding ortho intramolecular Hbond substituents is 1. The minimum absolute atomic E-state index is 0.291. The molecule has 118 valence electrons. The van der Waals surface area contributed by atoms with E-state index in [9.17, 15) is 5.11 Å². The Kier molecular flexibility index (Phi) is 3.77. The maximum absolute atomic E-state index is 9.65. The molecular formula is C21H23NO. The van der Waals surface area contributed by atoms with Crippen LogP contribution in [-0.2, 0) is 5.41 Å². The predicted molar refractivity (Wildman–Crippen MR) is 95.1 cm³/mol. The molecule has 2 N–H and O–H groups in total. The summed E-state index contributed by atoms with van der Waals surface area (Å²) in [6.07, 6.45) is 0. The number of benzene rings is 2. The van der Waals surface area contributed by atoms with Crippen molar-refractivity contribution < 1.29 is 5.11 Å². The first-order chi connectivity index (χ1) is 10.9. The molecule has 1 atom stereocenters. The summed E-state index contributed by atoms with van der Waals surface area (Å²) in [6.45, 7) is 8.57. The van der Waals surface area contributed by atoms with Crippen molar-refractivity contribution in [3.8, 4) is 5.75 Å². The first kappa shape index (κ1) is 15.4. The highest BCUT2D eigenvalue weighted by atomic mass is 16.3. The average Bonchev–Trinajstić information content (AvgIpc) is 2.93. The lowest BCUT2D eigenvalue weighted by Crippen LogP contribution is -2.26. The zero-order valence-electron chi connectivity index (χ0n) is 14.1. The van der Waals surface area contributed by atoms with E-state index in [1.165, 1.54) is 16.7 Å². The van der Waals surface area contributed by atoms with Gasteiger partial charge in [0.1, 0.15) is 5.75 Å². The quantitative estimate of drug-likeness (QED) is 0.702. The van der Waals surface area contributed by atoms with E-state index in [-0.39, 0.29) is 5.41 Å². The Morgan fingerprint density at radius 3 is 1.91 bits per heavy atom. The zero-order valence-corrected chi connectivity index (χ0v) is 14.1. The Balaban J connectivity index is 2.27. The molecule has 0 saturated carbocycles. The summed E-state index contributed by atoms with van der Waals surface area (Å²) in [5.41, 5.74) is 6.94. The summed E-state index contributed by atoms with van der Waals surface area (Å²) in [4.78, 5) is 3.50. The van der Waals surface area contributed by atoms with Crippen LogP contribution in [0.3, 0.4) is 0 Å². The number of aromatic hydroxyl groups is 1. The van der Waals surface area contributed by atoms with Crippen LogP contribution < -0.4 is 0 Å². The normalized spacial score (nSPS) is 13.7. The second kappa shape index (κ2) is 5.62. The van der Waals surface area contributed by atoms with E-state index in [0.29, 0.717) is 5.75 Å². The van der Waals surface area contributed by atoms with Crippen LogP contribution in [0.5, 0.6) is 5.75 Å². The van der Waals surface area contributed by atoms with E-state index in [2.05, 4.69) is 63.0 Å². The summed E-state index contributed by atoms with van der Waals surface area (Å²) >= 11 is 0. The third kappa shape index (κ3) is 2.77. The Bertz CT molecular complexity index is 809. The van der Waals surface area contributed by atoms with Gasteiger partial charge in [-0.3, -0.25) is 0 Å². The van der Waals surface area contributed by atoms with Crippen LogP contribution >= 0.6 is 0 Å². The number of aromatic nitrogens is 1. The van der Waals surface area contributed by atoms with Crippen molar-refractivity contribution >= 4 is 0 Å². The lowest BCUT2D eigenvalue weighted by molar-refractivity contribution is 0.474. The fourth-order valence-corrected chi connectivity index (χ4v) is 3.33. The summed E-state index contributed by atoms with van der Waals surface area (Å²) in [5, 5.41) is 9.65. The molecule has 2 nitrogen and oxygen atoms in total. The largest absolute Gasteiger partial charge is 0.508 e. The molecule has 2 aromatic carbocycles. The van der Waals surface area contributed by atoms with E-state index in [1.54, 1.807) is 12.1 Å². The predicted octanol–water partition coefficient (Wildman–Crippen LogP) is 5.00. The molecule has 2 heteroatoms. The lowest BCUT2D eigenvalue weighted by Gasteiger charge is -2.31. The minimum atomic E-state index is -0.293. The highest BCUT2D eigenvalue weighted by molar-refractivity contribution is 5.50. The molecule has 0 bridgehead atoms. The Hall–Kier alpha value is -2.48. The Morgan fingerprint density at radius 2 is 1.39 bits per heavy atom. The lowest BCUT2D eigenvalue weighted by atomic mass is 9.73. The minimum Gasteiger partial charge on any atom is -0.508 e. The maximum atomic E-state index is 9.65. The molecule has 23 heavy (non-hydrogen) atoms. The van der Waals surface area contributed by atoms with Crippen LogP contribution in [0.15, 0.2) is 54.6 Å². The molecule has 0 aliphatic carbocycles. The second-order valence-electron chi connectivity index (χ2n) is 6.60. The van der Waals surface area contributed by atoms with Gasteiger partial charge in [-0.2, -0.15) is 0 Å². The van der Waals surface area contributed by atoms with Gasteiger partial charge in [-0.15, -0.1) is 0 Å². The van der Waals surface area contributed by atoms with Crippen molar-refractivity contribution in [3.63, 3.8) is 0 Å². The van der Waals surface area contributed by atoms with Gasteiger partial charge in [-0.25, -0.2) is 0 Å². The first-order valence-electron chi connectivity index (χ1n) is 7.94. The molecule has 0 amide bonds. The van der Waals surface area contributed by atoms with E-state index in [1.807, 2.05) is 12.1 Å². The second-order valence-corrected chi connectivity index (χ2v) is 6.60. The number of nitrogens with one attached hydrogen (secondary N) is 1. The smallest absolute Gasteiger partial charge is 0.115 e. The fraction of sp³-hybridized carbons (Fsp3) is 0.238. The molecule has 3 rings (SSSR count). The SMILES string of the molecule is Cc1cc(C)cc([C@](C)(c2ccc(O)cc2)c2ccc(C)[nH]2)c1. The third-order valence-electron chi connectivity index (χ3n) is 4.61. The number of rotatable bonds is 3. The van der Waals surface area contributed by atoms with Gasteiger partial charge in [0.25, 0.3) is 0 Å². The van der Waals surface area contributed by atoms with Crippen molar-refractivity contribution in [2.45, 2.75) is 33.1 Å². The van der Waals surface area contributed by atoms with Crippen molar-refractivity contribution in [1.29, 1.82) is 0 Å². The van der Waals surface area contributed by atoms with Gasteiger partial charge in [-0.1, -0.05) is 41.5 Å². The van der Waals surface area contributed by atoms with E-state index < -0.39 is 0 Å². The van der Waals surface area contributed by atoms with Crippen molar-refractivity contribution in [2.24, 2.45) is 0 Å². The molecule has 3 aromatic rings. The van der Waals surface area contributed by atoms with E-state index >= 15 is 0 Å². The fourth-order valence-electron chi connectivity index (χ4n) is 3.33. The molecule has 0 spiro atoms. The summed E-state index contributed by atoms with van der Waals surface area (Å²) < 4.78 is 0. The van der Waals surface area contributed by atoms with Gasteiger partial charge in [0, 0.05) is 11.4 Å². The van der Waals surface area contributed by atoms with Gasteiger partial charge >= 0.3 is 0 Å². The van der Waals surface area contributed by atoms with E-state index in [0.717, 1.165) is 17.0 Å². The molecule has 0 radical (unpaired) electrons. The molecule has 0 fully saturated rings. The highest BCUT2D eigenvalue weighted by Gasteiger charge is 2.32. The van der Waals surface area contributed by atoms with Crippen LogP contribution in [-0.4, -0.2) is 10.1 Å². The number of phenols is 1. The van der Waals surface area contributed by atoms with Gasteiger partial charge in [0.05, 0.1) is 5.41 Å². The Labute approximate surface area is 137 Å². The number of aromatic amines is 1. The van der Waals surface area contributed by atoms with Gasteiger partial charge in [0.15, 0.2) is 0 Å². The number of hydrogen-bond acceptors (Lipinski definition) is 1. The first-order valence-corrected chi connectivity index (χ1v) is 7.94. The van der Waals surface area contributed by atoms with Gasteiger partial charge in [0.2, 0.25) is 0 Å². The maximum Gasteiger partial charge on any atom is 0.115 e. The summed E-state index contributed by atoms with van der Waals surface area (Å²) in [5.74, 6) is 0.291. The molecule has 0 unspecified atom stereocenters. The van der Waals surface area contributed by atoms with Gasteiger partial charge < -0.3 is 10.1 Å². The van der Waals surface area contributed by atoms with Crippen LogP contribution in [0.1, 0.15) is 40.6 Å². The molecule has 0 aliphatic heterocycles. The standard InChI is InChI=1S/C21H23NO/c1-14-11-15(2)13-18(12-14)21(4,20-10-5-16(3)22-20)17-6-8-19(23)9-7-17/h5-13,22-23H,1-4H3/t21-/m0/s1. The zero-order chi connectivity index (χ0) is 16.6. The van der Waals surface area contributed by atoms with Crippen LogP contribution in [0.4, 0.5) is 0 Å². The highest BCUT2D eigenvalue weighted by Crippen LogP contribution is 2.39. The summed E-state index contributed by atoms with van der Waals surface area (Å²) in [7, 11) is 0. The van der Waals surface area contributed by atoms with Crippen LogP contribution in [0.25, 0.3) is 0 Å². The van der Waals surface area contributed by atoms with Crippen molar-refractivity contribution in [2.75, 3.05) is 0 Å². The third-order valence-corrected chi connectivity index (χ3v) is 4.61. The molecule has 1 heterocycles. The summed E-state index contributed by atoms with van der Waals surface area (Å²) in [6, 6.07) is 18.5. The molecule has 1 aromatic heterocycles. The molecule has 0 saturated heterocycles. The van der Waals surface area contributed by atoms with Crippen LogP contribution in [0.2, 0.25) is 0 Å². The Morgan fingerprint density at radius 1 is 0.783 bits per heavy atom. The number of H-pyrrole nitrogens is 1. The average molecular weight is 305 g/mol. The molecular weight excluding hydrogens is 282 g/mol. The number of aryl methyl sites for hydroxylation is 3. The topological polar surface area (TPSA) is 36.0 Å². The molecule has 0 aliphatic rings. The van der Waals surface area contributed by atoms with Crippen molar-refractivity contribution in [1.82, 2.24) is 4.98 Å².